The Kier molecular flexibility index (Phi) is 3.11. The minimum atomic E-state index is -1.38. The second kappa shape index (κ2) is 4.41. The number of carboxylic acids is 1. The number of nitrogens with zero attached hydrogens (tertiary/aromatic N) is 1. The number of halogens is 2. The summed E-state index contributed by atoms with van der Waals surface area (Å²) in [6.07, 6.45) is 0. The van der Waals surface area contributed by atoms with Crippen molar-refractivity contribution in [3.8, 4) is 5.75 Å². The minimum Gasteiger partial charge on any atom is -0.489 e. The van der Waals surface area contributed by atoms with Gasteiger partial charge in [-0.1, -0.05) is 11.6 Å². The molecule has 0 unspecified atom stereocenters. The van der Waals surface area contributed by atoms with Gasteiger partial charge in [0.2, 0.25) is 0 Å². The fourth-order valence-corrected chi connectivity index (χ4v) is 2.07. The van der Waals surface area contributed by atoms with Gasteiger partial charge >= 0.3 is 5.97 Å². The van der Waals surface area contributed by atoms with Gasteiger partial charge in [0.05, 0.1) is 17.3 Å². The molecule has 4 nitrogen and oxygen atoms in total. The Morgan fingerprint density at radius 3 is 3.00 bits per heavy atom. The molecule has 17 heavy (non-hydrogen) atoms. The van der Waals surface area contributed by atoms with Gasteiger partial charge in [-0.15, -0.1) is 0 Å². The topological polar surface area (TPSA) is 49.8 Å². The number of rotatable bonds is 2. The number of hydrogen-bond acceptors (Lipinski definition) is 3. The zero-order valence-corrected chi connectivity index (χ0v) is 9.92. The van der Waals surface area contributed by atoms with E-state index in [1.807, 2.05) is 11.8 Å². The molecule has 6 heteroatoms. The molecule has 2 rings (SSSR count). The molecule has 0 atom stereocenters. The van der Waals surface area contributed by atoms with Crippen LogP contribution in [0, 0.1) is 5.82 Å². The maximum atomic E-state index is 13.7. The summed E-state index contributed by atoms with van der Waals surface area (Å²) in [6, 6.07) is 1.40. The van der Waals surface area contributed by atoms with Crippen LogP contribution in [-0.2, 0) is 0 Å². The largest absolute Gasteiger partial charge is 0.489 e. The molecule has 0 aliphatic carbocycles. The molecule has 1 aliphatic heterocycles. The zero-order chi connectivity index (χ0) is 12.6. The average molecular weight is 260 g/mol. The Bertz CT molecular complexity index is 478. The summed E-state index contributed by atoms with van der Waals surface area (Å²) >= 11 is 5.70. The first-order valence-electron chi connectivity index (χ1n) is 5.19. The molecule has 0 aromatic heterocycles. The smallest absolute Gasteiger partial charge is 0.342 e. The predicted octanol–water partition coefficient (Wildman–Crippen LogP) is 2.40. The summed E-state index contributed by atoms with van der Waals surface area (Å²) in [5, 5.41) is 8.80. The highest BCUT2D eigenvalue weighted by Gasteiger charge is 2.28. The Morgan fingerprint density at radius 2 is 2.41 bits per heavy atom. The molecule has 1 aromatic carbocycles. The van der Waals surface area contributed by atoms with Crippen LogP contribution in [0.15, 0.2) is 6.07 Å². The van der Waals surface area contributed by atoms with Crippen LogP contribution >= 0.6 is 11.6 Å². The highest BCUT2D eigenvalue weighted by atomic mass is 35.5. The van der Waals surface area contributed by atoms with Gasteiger partial charge in [-0.2, -0.15) is 0 Å². The van der Waals surface area contributed by atoms with Crippen LogP contribution < -0.4 is 9.64 Å². The maximum absolute atomic E-state index is 13.7. The van der Waals surface area contributed by atoms with Crippen molar-refractivity contribution in [3.63, 3.8) is 0 Å². The number of benzene rings is 1. The quantitative estimate of drug-likeness (QED) is 0.886. The molecular formula is C11H11ClFNO3. The predicted molar refractivity (Wildman–Crippen MR) is 61.8 cm³/mol. The summed E-state index contributed by atoms with van der Waals surface area (Å²) in [4.78, 5) is 12.9. The van der Waals surface area contributed by atoms with Crippen molar-refractivity contribution in [2.75, 3.05) is 24.6 Å². The number of aromatic carboxylic acids is 1. The molecule has 0 saturated heterocycles. The van der Waals surface area contributed by atoms with E-state index in [0.29, 0.717) is 25.4 Å². The first kappa shape index (κ1) is 12.0. The summed E-state index contributed by atoms with van der Waals surface area (Å²) in [7, 11) is 0. The Balaban J connectivity index is 2.67. The molecule has 0 bridgehead atoms. The van der Waals surface area contributed by atoms with Crippen molar-refractivity contribution in [1.82, 2.24) is 0 Å². The molecule has 1 N–H and O–H groups in total. The van der Waals surface area contributed by atoms with Crippen molar-refractivity contribution in [3.05, 3.63) is 22.5 Å². The lowest BCUT2D eigenvalue weighted by molar-refractivity contribution is 0.0686. The van der Waals surface area contributed by atoms with E-state index in [9.17, 15) is 9.18 Å². The van der Waals surface area contributed by atoms with Gasteiger partial charge in [-0.3, -0.25) is 0 Å². The number of fused-ring (bicyclic) bond motifs is 1. The SMILES string of the molecule is CCN1CCOc2c1cc(Cl)c(F)c2C(=O)O. The second-order valence-electron chi connectivity index (χ2n) is 3.63. The second-order valence-corrected chi connectivity index (χ2v) is 4.04. The highest BCUT2D eigenvalue weighted by Crippen LogP contribution is 2.39. The van der Waals surface area contributed by atoms with Gasteiger partial charge in [-0.05, 0) is 13.0 Å². The van der Waals surface area contributed by atoms with Crippen LogP contribution in [0.1, 0.15) is 17.3 Å². The van der Waals surface area contributed by atoms with Crippen molar-refractivity contribution in [1.29, 1.82) is 0 Å². The molecule has 0 fully saturated rings. The average Bonchev–Trinajstić information content (AvgIpc) is 2.29. The highest BCUT2D eigenvalue weighted by molar-refractivity contribution is 6.31. The van der Waals surface area contributed by atoms with Crippen LogP contribution in [0.3, 0.4) is 0 Å². The molecule has 0 radical (unpaired) electrons. The lowest BCUT2D eigenvalue weighted by atomic mass is 10.1. The molecule has 0 amide bonds. The normalized spacial score (nSPS) is 14.2. The third-order valence-electron chi connectivity index (χ3n) is 2.70. The molecule has 1 aliphatic rings. The van der Waals surface area contributed by atoms with Crippen molar-refractivity contribution in [2.24, 2.45) is 0 Å². The third-order valence-corrected chi connectivity index (χ3v) is 2.97. The molecular weight excluding hydrogens is 249 g/mol. The molecule has 1 aromatic rings. The van der Waals surface area contributed by atoms with E-state index in [4.69, 9.17) is 21.4 Å². The van der Waals surface area contributed by atoms with Crippen LogP contribution in [0.4, 0.5) is 10.1 Å². The molecule has 1 heterocycles. The summed E-state index contributed by atoms with van der Waals surface area (Å²) < 4.78 is 18.9. The fraction of sp³-hybridized carbons (Fsp3) is 0.364. The Labute approximate surface area is 103 Å². The standard InChI is InChI=1S/C11H11ClFNO3/c1-2-14-3-4-17-10-7(14)5-6(12)9(13)8(10)11(15)16/h5H,2-4H2,1H3,(H,15,16). The molecule has 0 spiro atoms. The third kappa shape index (κ3) is 1.91. The van der Waals surface area contributed by atoms with Gasteiger partial charge in [0.15, 0.2) is 11.6 Å². The maximum Gasteiger partial charge on any atom is 0.342 e. The fourth-order valence-electron chi connectivity index (χ4n) is 1.87. The minimum absolute atomic E-state index is 0.0625. The molecule has 92 valence electrons. The number of ether oxygens (including phenoxy) is 1. The first-order chi connectivity index (χ1) is 8.06. The lowest BCUT2D eigenvalue weighted by Crippen LogP contribution is -2.33. The van der Waals surface area contributed by atoms with E-state index in [1.165, 1.54) is 6.07 Å². The van der Waals surface area contributed by atoms with Crippen molar-refractivity contribution < 1.29 is 19.0 Å². The number of likely N-dealkylation sites (N-methyl/N-ethyl adjacent to an activating group) is 1. The first-order valence-corrected chi connectivity index (χ1v) is 5.57. The van der Waals surface area contributed by atoms with Gasteiger partial charge in [0, 0.05) is 6.54 Å². The van der Waals surface area contributed by atoms with Crippen LogP contribution in [-0.4, -0.2) is 30.8 Å². The molecule has 0 saturated carbocycles. The van der Waals surface area contributed by atoms with E-state index in [2.05, 4.69) is 0 Å². The lowest BCUT2D eigenvalue weighted by Gasteiger charge is -2.31. The van der Waals surface area contributed by atoms with E-state index >= 15 is 0 Å². The van der Waals surface area contributed by atoms with Crippen LogP contribution in [0.5, 0.6) is 5.75 Å². The van der Waals surface area contributed by atoms with Crippen molar-refractivity contribution in [2.45, 2.75) is 6.92 Å². The van der Waals surface area contributed by atoms with Crippen LogP contribution in [0.2, 0.25) is 5.02 Å². The van der Waals surface area contributed by atoms with Gasteiger partial charge in [0.1, 0.15) is 12.2 Å². The van der Waals surface area contributed by atoms with E-state index < -0.39 is 17.3 Å². The van der Waals surface area contributed by atoms with Crippen LogP contribution in [0.25, 0.3) is 0 Å². The summed E-state index contributed by atoms with van der Waals surface area (Å²) in [5.41, 5.74) is 0.0354. The van der Waals surface area contributed by atoms with E-state index in [0.717, 1.165) is 0 Å². The monoisotopic (exact) mass is 259 g/mol. The number of hydrogen-bond donors (Lipinski definition) is 1. The number of anilines is 1. The number of carbonyl (C=O) groups is 1. The number of carboxylic acid groups (broad SMARTS) is 1. The zero-order valence-electron chi connectivity index (χ0n) is 9.17. The van der Waals surface area contributed by atoms with Crippen molar-refractivity contribution >= 4 is 23.3 Å². The van der Waals surface area contributed by atoms with Gasteiger partial charge < -0.3 is 14.7 Å². The van der Waals surface area contributed by atoms with E-state index in [1.54, 1.807) is 0 Å². The van der Waals surface area contributed by atoms with Gasteiger partial charge in [-0.25, -0.2) is 9.18 Å². The van der Waals surface area contributed by atoms with E-state index in [-0.39, 0.29) is 10.8 Å². The summed E-state index contributed by atoms with van der Waals surface area (Å²) in [5.74, 6) is -2.26. The Hall–Kier alpha value is -1.49. The van der Waals surface area contributed by atoms with Gasteiger partial charge in [0.25, 0.3) is 0 Å². The summed E-state index contributed by atoms with van der Waals surface area (Å²) in [6.45, 7) is 3.57. The Morgan fingerprint density at radius 1 is 1.71 bits per heavy atom.